The van der Waals surface area contributed by atoms with Crippen LogP contribution in [0.25, 0.3) is 0 Å². The average molecular weight is 274 g/mol. The van der Waals surface area contributed by atoms with Crippen molar-refractivity contribution in [3.63, 3.8) is 0 Å². The van der Waals surface area contributed by atoms with Gasteiger partial charge in [0.05, 0.1) is 16.3 Å². The average Bonchev–Trinajstić information content (AvgIpc) is 2.25. The number of primary sulfonamides is 1. The van der Waals surface area contributed by atoms with E-state index in [1.165, 1.54) is 0 Å². The van der Waals surface area contributed by atoms with Gasteiger partial charge in [-0.05, 0) is 24.3 Å². The third-order valence-corrected chi connectivity index (χ3v) is 4.17. The zero-order chi connectivity index (χ0) is 13.1. The molecule has 0 bridgehead atoms. The lowest BCUT2D eigenvalue weighted by molar-refractivity contribution is 0.585. The van der Waals surface area contributed by atoms with Crippen LogP contribution in [0.1, 0.15) is 0 Å². The number of sulfonamides is 2. The van der Waals surface area contributed by atoms with Crippen LogP contribution >= 0.6 is 0 Å². The molecule has 0 aliphatic heterocycles. The highest BCUT2D eigenvalue weighted by Crippen LogP contribution is 2.12. The third kappa shape index (κ3) is 3.54. The van der Waals surface area contributed by atoms with Gasteiger partial charge in [0, 0.05) is 0 Å². The Hall–Kier alpha value is -1.40. The predicted octanol–water partition coefficient (Wildman–Crippen LogP) is -0.754. The van der Waals surface area contributed by atoms with Crippen molar-refractivity contribution in [3.05, 3.63) is 24.3 Å². The summed E-state index contributed by atoms with van der Waals surface area (Å²) in [5.41, 5.74) is 0. The number of nitrogens with two attached hydrogens (primary N) is 1. The van der Waals surface area contributed by atoms with Crippen molar-refractivity contribution in [3.8, 4) is 12.3 Å². The first-order valence-electron chi connectivity index (χ1n) is 4.33. The van der Waals surface area contributed by atoms with Crippen molar-refractivity contribution >= 4 is 20.0 Å². The fourth-order valence-corrected chi connectivity index (χ4v) is 2.48. The van der Waals surface area contributed by atoms with E-state index in [0.29, 0.717) is 0 Å². The molecule has 8 heteroatoms. The summed E-state index contributed by atoms with van der Waals surface area (Å²) in [7, 11) is -7.54. The van der Waals surface area contributed by atoms with E-state index < -0.39 is 20.0 Å². The van der Waals surface area contributed by atoms with E-state index in [0.717, 1.165) is 24.3 Å². The quantitative estimate of drug-likeness (QED) is 0.704. The lowest BCUT2D eigenvalue weighted by Gasteiger charge is -2.04. The fraction of sp³-hybridized carbons (Fsp3) is 0.111. The fourth-order valence-electron chi connectivity index (χ4n) is 1.03. The Labute approximate surface area is 99.9 Å². The SMILES string of the molecule is C#CCNS(=O)(=O)c1ccc(S(N)(=O)=O)cc1. The molecule has 0 saturated heterocycles. The molecule has 0 fully saturated rings. The number of rotatable bonds is 4. The molecule has 1 rings (SSSR count). The molecular formula is C9H10N2O4S2. The summed E-state index contributed by atoms with van der Waals surface area (Å²) in [5.74, 6) is 2.12. The maximum atomic E-state index is 11.6. The molecule has 1 aromatic rings. The molecule has 0 amide bonds. The van der Waals surface area contributed by atoms with Gasteiger partial charge >= 0.3 is 0 Å². The van der Waals surface area contributed by atoms with E-state index in [1.807, 2.05) is 0 Å². The van der Waals surface area contributed by atoms with Crippen LogP contribution in [-0.2, 0) is 20.0 Å². The molecule has 0 spiro atoms. The van der Waals surface area contributed by atoms with E-state index in [-0.39, 0.29) is 16.3 Å². The van der Waals surface area contributed by atoms with Gasteiger partial charge in [-0.1, -0.05) is 5.92 Å². The van der Waals surface area contributed by atoms with E-state index in [4.69, 9.17) is 11.6 Å². The molecule has 0 radical (unpaired) electrons. The number of hydrogen-bond donors (Lipinski definition) is 2. The number of benzene rings is 1. The van der Waals surface area contributed by atoms with Gasteiger partial charge in [0.15, 0.2) is 0 Å². The first-order chi connectivity index (χ1) is 7.77. The summed E-state index contributed by atoms with van der Waals surface area (Å²) in [4.78, 5) is -0.242. The third-order valence-electron chi connectivity index (χ3n) is 1.83. The van der Waals surface area contributed by atoms with Crippen molar-refractivity contribution in [2.45, 2.75) is 9.79 Å². The Morgan fingerprint density at radius 1 is 1.12 bits per heavy atom. The van der Waals surface area contributed by atoms with Crippen molar-refractivity contribution in [2.75, 3.05) is 6.54 Å². The molecule has 3 N–H and O–H groups in total. The van der Waals surface area contributed by atoms with Crippen LogP contribution in [0.2, 0.25) is 0 Å². The molecule has 6 nitrogen and oxygen atoms in total. The van der Waals surface area contributed by atoms with Gasteiger partial charge in [-0.2, -0.15) is 4.72 Å². The van der Waals surface area contributed by atoms with Gasteiger partial charge < -0.3 is 0 Å². The van der Waals surface area contributed by atoms with Crippen LogP contribution in [0.4, 0.5) is 0 Å². The molecule has 0 aliphatic carbocycles. The second-order valence-electron chi connectivity index (χ2n) is 3.05. The highest BCUT2D eigenvalue weighted by atomic mass is 32.2. The van der Waals surface area contributed by atoms with Gasteiger partial charge in [0.2, 0.25) is 20.0 Å². The van der Waals surface area contributed by atoms with Gasteiger partial charge in [-0.3, -0.25) is 0 Å². The summed E-state index contributed by atoms with van der Waals surface area (Å²) in [6, 6.07) is 4.50. The summed E-state index contributed by atoms with van der Waals surface area (Å²) in [5, 5.41) is 4.88. The van der Waals surface area contributed by atoms with Crippen LogP contribution in [0.15, 0.2) is 34.1 Å². The maximum Gasteiger partial charge on any atom is 0.241 e. The highest BCUT2D eigenvalue weighted by molar-refractivity contribution is 7.89. The first kappa shape index (κ1) is 13.7. The molecule has 17 heavy (non-hydrogen) atoms. The Morgan fingerprint density at radius 3 is 2.00 bits per heavy atom. The van der Waals surface area contributed by atoms with Crippen LogP contribution in [0.3, 0.4) is 0 Å². The molecule has 0 heterocycles. The Balaban J connectivity index is 3.08. The first-order valence-corrected chi connectivity index (χ1v) is 7.36. The smallest absolute Gasteiger partial charge is 0.225 e. The number of hydrogen-bond acceptors (Lipinski definition) is 4. The minimum absolute atomic E-state index is 0.0832. The second kappa shape index (κ2) is 4.85. The van der Waals surface area contributed by atoms with E-state index in [9.17, 15) is 16.8 Å². The lowest BCUT2D eigenvalue weighted by Crippen LogP contribution is -2.24. The van der Waals surface area contributed by atoms with Crippen LogP contribution in [-0.4, -0.2) is 23.4 Å². The zero-order valence-electron chi connectivity index (χ0n) is 8.62. The van der Waals surface area contributed by atoms with Crippen LogP contribution in [0, 0.1) is 12.3 Å². The second-order valence-corrected chi connectivity index (χ2v) is 6.37. The maximum absolute atomic E-state index is 11.6. The molecule has 0 aliphatic rings. The van der Waals surface area contributed by atoms with Gasteiger partial charge in [0.1, 0.15) is 0 Å². The summed E-state index contributed by atoms with van der Waals surface area (Å²) in [6.45, 7) is -0.140. The molecule has 1 aromatic carbocycles. The predicted molar refractivity (Wildman–Crippen MR) is 61.8 cm³/mol. The molecule has 0 atom stereocenters. The Morgan fingerprint density at radius 2 is 1.59 bits per heavy atom. The van der Waals surface area contributed by atoms with E-state index in [1.54, 1.807) is 0 Å². The van der Waals surface area contributed by atoms with Gasteiger partial charge in [-0.25, -0.2) is 22.0 Å². The summed E-state index contributed by atoms with van der Waals surface area (Å²) >= 11 is 0. The largest absolute Gasteiger partial charge is 0.241 e. The van der Waals surface area contributed by atoms with Crippen LogP contribution < -0.4 is 9.86 Å². The Kier molecular flexibility index (Phi) is 3.90. The van der Waals surface area contributed by atoms with E-state index in [2.05, 4.69) is 10.6 Å². The minimum Gasteiger partial charge on any atom is -0.225 e. The normalized spacial score (nSPS) is 12.0. The van der Waals surface area contributed by atoms with Gasteiger partial charge in [0.25, 0.3) is 0 Å². The standard InChI is InChI=1S/C9H10N2O4S2/c1-2-7-11-17(14,15)9-5-3-8(4-6-9)16(10,12)13/h1,3-6,11H,7H2,(H2,10,12,13). The number of terminal acetylenes is 1. The molecule has 0 aromatic heterocycles. The molecule has 92 valence electrons. The van der Waals surface area contributed by atoms with Crippen molar-refractivity contribution < 1.29 is 16.8 Å². The van der Waals surface area contributed by atoms with Crippen molar-refractivity contribution in [1.82, 2.24) is 4.72 Å². The summed E-state index contributed by atoms with van der Waals surface area (Å²) < 4.78 is 47.2. The minimum atomic E-state index is -3.83. The molecule has 0 saturated carbocycles. The molecular weight excluding hydrogens is 264 g/mol. The van der Waals surface area contributed by atoms with Gasteiger partial charge in [-0.15, -0.1) is 6.42 Å². The molecule has 0 unspecified atom stereocenters. The van der Waals surface area contributed by atoms with Crippen molar-refractivity contribution in [2.24, 2.45) is 5.14 Å². The van der Waals surface area contributed by atoms with E-state index >= 15 is 0 Å². The lowest BCUT2D eigenvalue weighted by atomic mass is 10.4. The number of nitrogens with one attached hydrogen (secondary N) is 1. The Bertz CT molecular complexity index is 639. The van der Waals surface area contributed by atoms with Crippen LogP contribution in [0.5, 0.6) is 0 Å². The summed E-state index contributed by atoms with van der Waals surface area (Å²) in [6.07, 6.45) is 4.92. The van der Waals surface area contributed by atoms with Crippen molar-refractivity contribution in [1.29, 1.82) is 0 Å². The topological polar surface area (TPSA) is 106 Å². The highest BCUT2D eigenvalue weighted by Gasteiger charge is 2.14. The monoisotopic (exact) mass is 274 g/mol. The zero-order valence-corrected chi connectivity index (χ0v) is 10.3.